The van der Waals surface area contributed by atoms with Crippen LogP contribution in [0.15, 0.2) is 24.4 Å². The van der Waals surface area contributed by atoms with Gasteiger partial charge in [0.25, 0.3) is 0 Å². The Morgan fingerprint density at radius 2 is 2.12 bits per heavy atom. The van der Waals surface area contributed by atoms with Crippen LogP contribution >= 0.6 is 0 Å². The van der Waals surface area contributed by atoms with Gasteiger partial charge in [0.1, 0.15) is 11.9 Å². The molecule has 0 saturated carbocycles. The number of cyclic esters (lactones) is 1. The Balaban J connectivity index is 1.46. The SMILES string of the molecule is Cc1cn(C[C@H]2CN(c3ccc(N4CCOCC4)c(F)c3)C(=O)O2)nn1. The zero-order valence-corrected chi connectivity index (χ0v) is 14.5. The Morgan fingerprint density at radius 3 is 2.81 bits per heavy atom. The van der Waals surface area contributed by atoms with Gasteiger partial charge in [0.2, 0.25) is 0 Å². The largest absolute Gasteiger partial charge is 0.442 e. The molecule has 0 unspecified atom stereocenters. The Kier molecular flexibility index (Phi) is 4.46. The minimum atomic E-state index is -0.481. The number of nitrogens with zero attached hydrogens (tertiary/aromatic N) is 5. The van der Waals surface area contributed by atoms with Gasteiger partial charge in [0, 0.05) is 19.3 Å². The third-order valence-electron chi connectivity index (χ3n) is 4.51. The Hall–Kier alpha value is -2.68. The highest BCUT2D eigenvalue weighted by Gasteiger charge is 2.33. The van der Waals surface area contributed by atoms with Crippen LogP contribution in [0.4, 0.5) is 20.6 Å². The minimum Gasteiger partial charge on any atom is -0.442 e. The molecule has 3 heterocycles. The third kappa shape index (κ3) is 3.34. The summed E-state index contributed by atoms with van der Waals surface area (Å²) in [4.78, 5) is 15.6. The summed E-state index contributed by atoms with van der Waals surface area (Å²) in [5, 5.41) is 7.88. The number of aromatic nitrogens is 3. The number of halogens is 1. The summed E-state index contributed by atoms with van der Waals surface area (Å²) < 4.78 is 26.9. The van der Waals surface area contributed by atoms with Gasteiger partial charge in [-0.05, 0) is 25.1 Å². The highest BCUT2D eigenvalue weighted by molar-refractivity contribution is 5.90. The first-order chi connectivity index (χ1) is 12.6. The summed E-state index contributed by atoms with van der Waals surface area (Å²) in [7, 11) is 0. The Labute approximate surface area is 150 Å². The van der Waals surface area contributed by atoms with E-state index in [2.05, 4.69) is 10.3 Å². The molecular formula is C17H20FN5O3. The summed E-state index contributed by atoms with van der Waals surface area (Å²) in [5.41, 5.74) is 1.81. The van der Waals surface area contributed by atoms with E-state index in [4.69, 9.17) is 9.47 Å². The summed E-state index contributed by atoms with van der Waals surface area (Å²) >= 11 is 0. The predicted molar refractivity (Wildman–Crippen MR) is 91.8 cm³/mol. The molecule has 2 aromatic rings. The van der Waals surface area contributed by atoms with Gasteiger partial charge in [0.05, 0.1) is 43.4 Å². The number of benzene rings is 1. The lowest BCUT2D eigenvalue weighted by Crippen LogP contribution is -2.36. The maximum Gasteiger partial charge on any atom is 0.414 e. The summed E-state index contributed by atoms with van der Waals surface area (Å²) in [6, 6.07) is 4.84. The first kappa shape index (κ1) is 16.8. The van der Waals surface area contributed by atoms with Crippen molar-refractivity contribution in [1.29, 1.82) is 0 Å². The second kappa shape index (κ2) is 6.91. The molecule has 2 fully saturated rings. The van der Waals surface area contributed by atoms with Gasteiger partial charge in [0.15, 0.2) is 0 Å². The Bertz CT molecular complexity index is 805. The zero-order valence-electron chi connectivity index (χ0n) is 14.5. The van der Waals surface area contributed by atoms with Crippen molar-refractivity contribution < 1.29 is 18.7 Å². The number of anilines is 2. The fourth-order valence-corrected chi connectivity index (χ4v) is 3.25. The molecule has 0 N–H and O–H groups in total. The summed E-state index contributed by atoms with van der Waals surface area (Å²) in [5.74, 6) is -0.354. The van der Waals surface area contributed by atoms with E-state index in [0.29, 0.717) is 50.8 Å². The van der Waals surface area contributed by atoms with Crippen molar-refractivity contribution >= 4 is 17.5 Å². The van der Waals surface area contributed by atoms with Gasteiger partial charge in [-0.2, -0.15) is 0 Å². The number of carbonyl (C=O) groups is 1. The second-order valence-electron chi connectivity index (χ2n) is 6.43. The normalized spacial score (nSPS) is 20.5. The molecule has 9 heteroatoms. The number of carbonyl (C=O) groups excluding carboxylic acids is 1. The molecule has 26 heavy (non-hydrogen) atoms. The minimum absolute atomic E-state index is 0.341. The lowest BCUT2D eigenvalue weighted by molar-refractivity contribution is 0.122. The monoisotopic (exact) mass is 361 g/mol. The van der Waals surface area contributed by atoms with E-state index in [-0.39, 0.29) is 11.9 Å². The van der Waals surface area contributed by atoms with E-state index in [0.717, 1.165) is 5.69 Å². The molecule has 1 aromatic heterocycles. The topological polar surface area (TPSA) is 72.7 Å². The van der Waals surface area contributed by atoms with Gasteiger partial charge < -0.3 is 14.4 Å². The van der Waals surface area contributed by atoms with Crippen molar-refractivity contribution in [2.75, 3.05) is 42.6 Å². The molecule has 1 atom stereocenters. The van der Waals surface area contributed by atoms with Crippen LogP contribution in [0.3, 0.4) is 0 Å². The van der Waals surface area contributed by atoms with E-state index in [1.54, 1.807) is 23.0 Å². The Morgan fingerprint density at radius 1 is 1.31 bits per heavy atom. The van der Waals surface area contributed by atoms with E-state index in [9.17, 15) is 9.18 Å². The van der Waals surface area contributed by atoms with Gasteiger partial charge in [-0.25, -0.2) is 13.9 Å². The predicted octanol–water partition coefficient (Wildman–Crippen LogP) is 1.59. The average molecular weight is 361 g/mol. The van der Waals surface area contributed by atoms with Crippen LogP contribution in [0, 0.1) is 12.7 Å². The molecule has 2 aliphatic heterocycles. The summed E-state index contributed by atoms with van der Waals surface area (Å²) in [6.07, 6.45) is 0.948. The average Bonchev–Trinajstić information content (AvgIpc) is 3.21. The molecule has 138 valence electrons. The van der Waals surface area contributed by atoms with Gasteiger partial charge in [-0.15, -0.1) is 5.10 Å². The first-order valence-corrected chi connectivity index (χ1v) is 8.57. The van der Waals surface area contributed by atoms with Gasteiger partial charge >= 0.3 is 6.09 Å². The molecule has 2 aliphatic rings. The molecule has 2 saturated heterocycles. The van der Waals surface area contributed by atoms with Crippen molar-refractivity contribution in [3.63, 3.8) is 0 Å². The number of amides is 1. The third-order valence-corrected chi connectivity index (χ3v) is 4.51. The molecule has 1 aromatic carbocycles. The molecule has 4 rings (SSSR count). The molecular weight excluding hydrogens is 341 g/mol. The standard InChI is InChI=1S/C17H20FN5O3/c1-12-9-22(20-19-12)10-14-11-23(17(24)26-14)13-2-3-16(15(18)8-13)21-4-6-25-7-5-21/h2-3,8-9,14H,4-7,10-11H2,1H3/t14-/m0/s1. The van der Waals surface area contributed by atoms with Crippen molar-refractivity contribution in [3.8, 4) is 0 Å². The molecule has 0 spiro atoms. The molecule has 1 amide bonds. The van der Waals surface area contributed by atoms with Crippen LogP contribution in [0.1, 0.15) is 5.69 Å². The van der Waals surface area contributed by atoms with Crippen LogP contribution in [0.2, 0.25) is 0 Å². The van der Waals surface area contributed by atoms with E-state index >= 15 is 0 Å². The quantitative estimate of drug-likeness (QED) is 0.823. The zero-order chi connectivity index (χ0) is 18.1. The van der Waals surface area contributed by atoms with E-state index in [1.165, 1.54) is 11.0 Å². The second-order valence-corrected chi connectivity index (χ2v) is 6.43. The lowest BCUT2D eigenvalue weighted by atomic mass is 10.2. The fraction of sp³-hybridized carbons (Fsp3) is 0.471. The lowest BCUT2D eigenvalue weighted by Gasteiger charge is -2.29. The van der Waals surface area contributed by atoms with Crippen molar-refractivity contribution in [1.82, 2.24) is 15.0 Å². The maximum atomic E-state index is 14.6. The van der Waals surface area contributed by atoms with Gasteiger partial charge in [-0.3, -0.25) is 4.90 Å². The van der Waals surface area contributed by atoms with Crippen LogP contribution < -0.4 is 9.80 Å². The van der Waals surface area contributed by atoms with E-state index in [1.807, 2.05) is 11.8 Å². The number of morpholine rings is 1. The molecule has 0 radical (unpaired) electrons. The number of aryl methyl sites for hydroxylation is 1. The number of hydrogen-bond acceptors (Lipinski definition) is 6. The highest BCUT2D eigenvalue weighted by atomic mass is 19.1. The smallest absolute Gasteiger partial charge is 0.414 e. The van der Waals surface area contributed by atoms with Gasteiger partial charge in [-0.1, -0.05) is 5.21 Å². The van der Waals surface area contributed by atoms with Crippen LogP contribution in [-0.2, 0) is 16.0 Å². The molecule has 0 aliphatic carbocycles. The van der Waals surface area contributed by atoms with Crippen molar-refractivity contribution in [3.05, 3.63) is 35.9 Å². The fourth-order valence-electron chi connectivity index (χ4n) is 3.25. The highest BCUT2D eigenvalue weighted by Crippen LogP contribution is 2.28. The maximum absolute atomic E-state index is 14.6. The molecule has 0 bridgehead atoms. The van der Waals surface area contributed by atoms with Crippen LogP contribution in [0.25, 0.3) is 0 Å². The first-order valence-electron chi connectivity index (χ1n) is 8.57. The van der Waals surface area contributed by atoms with Crippen molar-refractivity contribution in [2.45, 2.75) is 19.6 Å². The van der Waals surface area contributed by atoms with Crippen LogP contribution in [0.5, 0.6) is 0 Å². The van der Waals surface area contributed by atoms with Crippen LogP contribution in [-0.4, -0.2) is 60.0 Å². The number of hydrogen-bond donors (Lipinski definition) is 0. The molecule has 8 nitrogen and oxygen atoms in total. The number of ether oxygens (including phenoxy) is 2. The number of rotatable bonds is 4. The van der Waals surface area contributed by atoms with Crippen molar-refractivity contribution in [2.24, 2.45) is 0 Å². The van der Waals surface area contributed by atoms with E-state index < -0.39 is 6.09 Å². The summed E-state index contributed by atoms with van der Waals surface area (Å²) in [6.45, 7) is 5.08.